The highest BCUT2D eigenvalue weighted by molar-refractivity contribution is 8.00. The van der Waals surface area contributed by atoms with Gasteiger partial charge in [0.15, 0.2) is 0 Å². The van der Waals surface area contributed by atoms with Gasteiger partial charge in [0.2, 0.25) is 11.8 Å². The molecule has 5 nitrogen and oxygen atoms in total. The first kappa shape index (κ1) is 22.3. The van der Waals surface area contributed by atoms with Crippen LogP contribution in [0.25, 0.3) is 10.9 Å². The van der Waals surface area contributed by atoms with Crippen LogP contribution in [0.3, 0.4) is 0 Å². The Morgan fingerprint density at radius 2 is 1.68 bits per heavy atom. The third-order valence-corrected chi connectivity index (χ3v) is 7.42. The third kappa shape index (κ3) is 3.99. The Balaban J connectivity index is 1.67. The molecular weight excluding hydrogens is 442 g/mol. The lowest BCUT2D eigenvalue weighted by molar-refractivity contribution is -0.125. The van der Waals surface area contributed by atoms with Crippen molar-refractivity contribution in [2.75, 3.05) is 10.7 Å². The molecule has 0 fully saturated rings. The zero-order valence-electron chi connectivity index (χ0n) is 19.5. The second-order valence-electron chi connectivity index (χ2n) is 8.80. The Kier molecular flexibility index (Phi) is 5.92. The molecule has 4 aromatic rings. The van der Waals surface area contributed by atoms with Crippen molar-refractivity contribution < 1.29 is 9.59 Å². The average molecular weight is 470 g/mol. The van der Waals surface area contributed by atoms with E-state index in [9.17, 15) is 9.59 Å². The molecule has 0 saturated carbocycles. The second-order valence-corrected chi connectivity index (χ2v) is 9.76. The predicted molar refractivity (Wildman–Crippen MR) is 138 cm³/mol. The van der Waals surface area contributed by atoms with Crippen LogP contribution in [0.5, 0.6) is 0 Å². The molecule has 0 spiro atoms. The normalized spacial score (nSPS) is 15.8. The van der Waals surface area contributed by atoms with E-state index in [1.165, 1.54) is 11.8 Å². The van der Waals surface area contributed by atoms with Crippen molar-refractivity contribution >= 4 is 40.2 Å². The van der Waals surface area contributed by atoms with Gasteiger partial charge in [-0.25, -0.2) is 0 Å². The van der Waals surface area contributed by atoms with Crippen molar-refractivity contribution in [2.24, 2.45) is 7.05 Å². The fraction of sp³-hybridized carbons (Fsp3) is 0.214. The van der Waals surface area contributed by atoms with Gasteiger partial charge in [0.25, 0.3) is 0 Å². The summed E-state index contributed by atoms with van der Waals surface area (Å²) in [5.41, 5.74) is 5.82. The fourth-order valence-electron chi connectivity index (χ4n) is 4.82. The van der Waals surface area contributed by atoms with Crippen LogP contribution >= 0.6 is 11.8 Å². The summed E-state index contributed by atoms with van der Waals surface area (Å²) in [4.78, 5) is 29.2. The minimum absolute atomic E-state index is 0.0739. The molecule has 5 rings (SSSR count). The second kappa shape index (κ2) is 9.03. The van der Waals surface area contributed by atoms with E-state index in [-0.39, 0.29) is 17.6 Å². The number of nitrogens with zero attached hydrogens (tertiary/aromatic N) is 2. The number of para-hydroxylation sites is 1. The topological polar surface area (TPSA) is 54.3 Å². The van der Waals surface area contributed by atoms with Crippen LogP contribution in [0.4, 0.5) is 5.69 Å². The summed E-state index contributed by atoms with van der Waals surface area (Å²) in [5, 5.41) is 5.07. The minimum Gasteiger partial charge on any atom is -0.350 e. The summed E-state index contributed by atoms with van der Waals surface area (Å²) in [6.07, 6.45) is 0. The van der Waals surface area contributed by atoms with E-state index >= 15 is 0 Å². The molecule has 0 unspecified atom stereocenters. The summed E-state index contributed by atoms with van der Waals surface area (Å²) in [6, 6.07) is 23.2. The maximum atomic E-state index is 13.9. The number of thioether (sulfide) groups is 1. The van der Waals surface area contributed by atoms with Crippen molar-refractivity contribution in [3.8, 4) is 0 Å². The first-order valence-corrected chi connectivity index (χ1v) is 12.3. The van der Waals surface area contributed by atoms with E-state index < -0.39 is 6.04 Å². The van der Waals surface area contributed by atoms with E-state index in [1.54, 1.807) is 4.90 Å². The Hall–Kier alpha value is -3.51. The number of aryl methyl sites for hydroxylation is 3. The number of hydrogen-bond donors (Lipinski definition) is 1. The Morgan fingerprint density at radius 1 is 1.00 bits per heavy atom. The Morgan fingerprint density at radius 3 is 2.41 bits per heavy atom. The number of hydrogen-bond acceptors (Lipinski definition) is 3. The van der Waals surface area contributed by atoms with Crippen LogP contribution < -0.4 is 10.2 Å². The quantitative estimate of drug-likeness (QED) is 0.442. The number of aromatic nitrogens is 1. The third-order valence-electron chi connectivity index (χ3n) is 6.27. The number of carbonyl (C=O) groups is 2. The average Bonchev–Trinajstić information content (AvgIpc) is 3.00. The maximum Gasteiger partial charge on any atom is 0.248 e. The van der Waals surface area contributed by atoms with Gasteiger partial charge in [0, 0.05) is 35.7 Å². The molecule has 2 heterocycles. The summed E-state index contributed by atoms with van der Waals surface area (Å²) in [6.45, 7) is 4.43. The van der Waals surface area contributed by atoms with E-state index in [2.05, 4.69) is 22.0 Å². The van der Waals surface area contributed by atoms with Gasteiger partial charge >= 0.3 is 0 Å². The SMILES string of the molecule is Cc1cc(C)cc(N2C(=O)CSc3c(c4ccccc4n3C)[C@@H]2C(=O)NCc2ccccc2)c1. The van der Waals surface area contributed by atoms with Crippen molar-refractivity contribution in [3.63, 3.8) is 0 Å². The zero-order valence-corrected chi connectivity index (χ0v) is 20.4. The molecule has 172 valence electrons. The van der Waals surface area contributed by atoms with Gasteiger partial charge < -0.3 is 9.88 Å². The smallest absolute Gasteiger partial charge is 0.248 e. The number of carbonyl (C=O) groups excluding carboxylic acids is 2. The van der Waals surface area contributed by atoms with E-state index in [1.807, 2.05) is 81.6 Å². The van der Waals surface area contributed by atoms with E-state index in [0.717, 1.165) is 43.9 Å². The number of nitrogens with one attached hydrogen (secondary N) is 1. The van der Waals surface area contributed by atoms with Gasteiger partial charge in [0.1, 0.15) is 6.04 Å². The van der Waals surface area contributed by atoms with Gasteiger partial charge in [-0.1, -0.05) is 66.4 Å². The molecule has 34 heavy (non-hydrogen) atoms. The monoisotopic (exact) mass is 469 g/mol. The number of rotatable bonds is 4. The molecule has 0 aliphatic carbocycles. The Labute approximate surface area is 203 Å². The molecule has 1 aromatic heterocycles. The largest absolute Gasteiger partial charge is 0.350 e. The molecule has 1 N–H and O–H groups in total. The number of benzene rings is 3. The molecule has 1 aliphatic rings. The van der Waals surface area contributed by atoms with Crippen molar-refractivity contribution in [3.05, 3.63) is 95.1 Å². The van der Waals surface area contributed by atoms with Crippen LogP contribution in [-0.4, -0.2) is 22.1 Å². The molecular formula is C28H27N3O2S. The van der Waals surface area contributed by atoms with Crippen LogP contribution in [0, 0.1) is 13.8 Å². The van der Waals surface area contributed by atoms with E-state index in [4.69, 9.17) is 0 Å². The summed E-state index contributed by atoms with van der Waals surface area (Å²) < 4.78 is 2.10. The molecule has 0 saturated heterocycles. The Bertz CT molecular complexity index is 1370. The van der Waals surface area contributed by atoms with Gasteiger partial charge in [-0.05, 0) is 48.7 Å². The summed E-state index contributed by atoms with van der Waals surface area (Å²) >= 11 is 1.50. The highest BCUT2D eigenvalue weighted by Crippen LogP contribution is 2.43. The van der Waals surface area contributed by atoms with Crippen LogP contribution in [0.15, 0.2) is 77.8 Å². The summed E-state index contributed by atoms with van der Waals surface area (Å²) in [7, 11) is 2.00. The van der Waals surface area contributed by atoms with Crippen LogP contribution in [0.2, 0.25) is 0 Å². The van der Waals surface area contributed by atoms with Crippen molar-refractivity contribution in [1.82, 2.24) is 9.88 Å². The van der Waals surface area contributed by atoms with Crippen LogP contribution in [0.1, 0.15) is 28.3 Å². The lowest BCUT2D eigenvalue weighted by atomic mass is 10.0. The molecule has 6 heteroatoms. The molecule has 0 bridgehead atoms. The van der Waals surface area contributed by atoms with E-state index in [0.29, 0.717) is 6.54 Å². The van der Waals surface area contributed by atoms with Gasteiger partial charge in [0.05, 0.1) is 10.8 Å². The molecule has 2 amide bonds. The minimum atomic E-state index is -0.770. The molecule has 1 atom stereocenters. The van der Waals surface area contributed by atoms with Gasteiger partial charge in [-0.2, -0.15) is 0 Å². The van der Waals surface area contributed by atoms with Gasteiger partial charge in [-0.3, -0.25) is 14.5 Å². The molecule has 0 radical (unpaired) electrons. The highest BCUT2D eigenvalue weighted by Gasteiger charge is 2.39. The fourth-order valence-corrected chi connectivity index (χ4v) is 5.89. The first-order chi connectivity index (χ1) is 16.4. The maximum absolute atomic E-state index is 13.9. The zero-order chi connectivity index (χ0) is 23.8. The first-order valence-electron chi connectivity index (χ1n) is 11.4. The standard InChI is InChI=1S/C28H27N3O2S/c1-18-13-19(2)15-21(14-18)31-24(32)17-34-28-25(22-11-7-8-12-23(22)30(28)3)26(31)27(33)29-16-20-9-5-4-6-10-20/h4-15,26H,16-17H2,1-3H3,(H,29,33)/t26-/m1/s1. The predicted octanol–water partition coefficient (Wildman–Crippen LogP) is 5.29. The van der Waals surface area contributed by atoms with Crippen molar-refractivity contribution in [2.45, 2.75) is 31.5 Å². The highest BCUT2D eigenvalue weighted by atomic mass is 32.2. The molecule has 3 aromatic carbocycles. The number of amides is 2. The number of anilines is 1. The lowest BCUT2D eigenvalue weighted by Gasteiger charge is -2.30. The van der Waals surface area contributed by atoms with Crippen LogP contribution in [-0.2, 0) is 23.2 Å². The molecule has 1 aliphatic heterocycles. The summed E-state index contributed by atoms with van der Waals surface area (Å²) in [5.74, 6) is 0.0127. The van der Waals surface area contributed by atoms with Gasteiger partial charge in [-0.15, -0.1) is 0 Å². The lowest BCUT2D eigenvalue weighted by Crippen LogP contribution is -2.44. The number of fused-ring (bicyclic) bond motifs is 3. The van der Waals surface area contributed by atoms with Crippen molar-refractivity contribution in [1.29, 1.82) is 0 Å².